The Labute approximate surface area is 166 Å². The summed E-state index contributed by atoms with van der Waals surface area (Å²) in [4.78, 5) is 25.6. The Hall–Kier alpha value is -1.79. The van der Waals surface area contributed by atoms with Crippen LogP contribution in [0.3, 0.4) is 0 Å². The van der Waals surface area contributed by atoms with Crippen molar-refractivity contribution in [1.82, 2.24) is 4.90 Å². The number of hydrogen-bond donors (Lipinski definition) is 0. The molecular formula is C20H23N2O5P. The molecule has 3 unspecified atom stereocenters. The van der Waals surface area contributed by atoms with Crippen LogP contribution in [0.15, 0.2) is 36.0 Å². The second-order valence-corrected chi connectivity index (χ2v) is 8.96. The molecule has 1 aromatic rings. The van der Waals surface area contributed by atoms with Gasteiger partial charge in [-0.15, -0.1) is 0 Å². The van der Waals surface area contributed by atoms with E-state index in [1.54, 1.807) is 13.1 Å². The summed E-state index contributed by atoms with van der Waals surface area (Å²) in [7, 11) is -1.28. The summed E-state index contributed by atoms with van der Waals surface area (Å²) in [5.74, 6) is -0.429. The summed E-state index contributed by atoms with van der Waals surface area (Å²) in [6.45, 7) is 2.36. The number of allylic oxidation sites excluding steroid dienone is 1. The number of fused-ring (bicyclic) bond motifs is 3. The van der Waals surface area contributed by atoms with Crippen LogP contribution in [0, 0.1) is 0 Å². The third-order valence-corrected chi connectivity index (χ3v) is 7.40. The third-order valence-electron chi connectivity index (χ3n) is 5.68. The minimum atomic E-state index is -1.28. The first-order chi connectivity index (χ1) is 14.0. The maximum atomic E-state index is 12.3. The number of carbonyl (C=O) groups excluding carboxylic acids is 2. The zero-order chi connectivity index (χ0) is 20.1. The summed E-state index contributed by atoms with van der Waals surface area (Å²) >= 11 is 0. The second-order valence-electron chi connectivity index (χ2n) is 7.59. The van der Waals surface area contributed by atoms with Crippen LogP contribution in [0.1, 0.15) is 33.6 Å². The molecule has 4 aliphatic heterocycles. The summed E-state index contributed by atoms with van der Waals surface area (Å²) in [6, 6.07) is 8.58. The molecular weight excluding hydrogens is 379 g/mol. The van der Waals surface area contributed by atoms with E-state index in [0.717, 1.165) is 12.1 Å². The van der Waals surface area contributed by atoms with Gasteiger partial charge >= 0.3 is 0 Å². The number of Topliss-reactive ketones (excluding diaryl/α,β-unsaturated/α-hetero) is 1. The van der Waals surface area contributed by atoms with Gasteiger partial charge in [0.2, 0.25) is 5.91 Å². The Morgan fingerprint density at radius 1 is 1.32 bits per heavy atom. The normalized spacial score (nSPS) is 35.1. The van der Waals surface area contributed by atoms with Gasteiger partial charge < -0.3 is 18.5 Å². The SMILES string of the molecule is [2H]CC1OC(N2C=C(C)C(=O)CC2=O)CC1O[P@@]1OC[C@@H]2Cc3ccccc3N21. The van der Waals surface area contributed by atoms with Crippen molar-refractivity contribution in [3.63, 3.8) is 0 Å². The number of ether oxygens (including phenoxy) is 1. The molecule has 28 heavy (non-hydrogen) atoms. The molecule has 148 valence electrons. The molecule has 7 nitrogen and oxygen atoms in total. The molecule has 0 aliphatic carbocycles. The van der Waals surface area contributed by atoms with Crippen LogP contribution in [-0.4, -0.2) is 47.7 Å². The molecule has 0 aromatic heterocycles. The van der Waals surface area contributed by atoms with Gasteiger partial charge in [0, 0.05) is 25.3 Å². The number of carbonyl (C=O) groups is 2. The maximum Gasteiger partial charge on any atom is 0.290 e. The summed E-state index contributed by atoms with van der Waals surface area (Å²) in [6.07, 6.45) is 1.52. The summed E-state index contributed by atoms with van der Waals surface area (Å²) < 4.78 is 28.4. The molecule has 0 spiro atoms. The summed E-state index contributed by atoms with van der Waals surface area (Å²) in [5, 5.41) is 0. The van der Waals surface area contributed by atoms with E-state index in [-0.39, 0.29) is 37.2 Å². The summed E-state index contributed by atoms with van der Waals surface area (Å²) in [5.41, 5.74) is 3.00. The highest BCUT2D eigenvalue weighted by Crippen LogP contribution is 2.58. The van der Waals surface area contributed by atoms with Crippen molar-refractivity contribution in [1.29, 1.82) is 0 Å². The van der Waals surface area contributed by atoms with Crippen molar-refractivity contribution in [2.24, 2.45) is 0 Å². The Balaban J connectivity index is 1.32. The molecule has 5 atom stereocenters. The lowest BCUT2D eigenvalue weighted by Gasteiger charge is -2.28. The largest absolute Gasteiger partial charge is 0.352 e. The highest BCUT2D eigenvalue weighted by atomic mass is 31.2. The van der Waals surface area contributed by atoms with Crippen LogP contribution in [-0.2, 0) is 29.8 Å². The van der Waals surface area contributed by atoms with Crippen molar-refractivity contribution >= 4 is 25.9 Å². The fourth-order valence-electron chi connectivity index (χ4n) is 4.15. The van der Waals surface area contributed by atoms with Gasteiger partial charge in [-0.25, -0.2) is 0 Å². The van der Waals surface area contributed by atoms with E-state index < -0.39 is 20.9 Å². The standard InChI is InChI=1S/C20H23N2O5P/c1-12-10-21(19(24)8-17(12)23)20-9-18(13(2)26-20)27-28-22-15(11-25-28)7-14-5-3-4-6-16(14)22/h3-6,10,13,15,18,20H,7-9,11H2,1-2H3/t13?,15-,18?,20?,28+/m0/s1/i2D. The molecule has 0 bridgehead atoms. The highest BCUT2D eigenvalue weighted by molar-refractivity contribution is 7.49. The van der Waals surface area contributed by atoms with Gasteiger partial charge in [-0.1, -0.05) is 18.2 Å². The van der Waals surface area contributed by atoms with Gasteiger partial charge in [0.05, 0.1) is 31.3 Å². The lowest BCUT2D eigenvalue weighted by Crippen LogP contribution is -2.40. The third kappa shape index (κ3) is 2.98. The van der Waals surface area contributed by atoms with Crippen LogP contribution in [0.5, 0.6) is 0 Å². The minimum absolute atomic E-state index is 0.0357. The molecule has 0 N–H and O–H groups in total. The topological polar surface area (TPSA) is 68.3 Å². The number of para-hydroxylation sites is 1. The smallest absolute Gasteiger partial charge is 0.290 e. The zero-order valence-electron chi connectivity index (χ0n) is 16.6. The molecule has 0 saturated carbocycles. The van der Waals surface area contributed by atoms with Crippen molar-refractivity contribution < 1.29 is 24.7 Å². The first kappa shape index (κ1) is 17.1. The number of hydrogen-bond acceptors (Lipinski definition) is 6. The van der Waals surface area contributed by atoms with Crippen molar-refractivity contribution in [2.75, 3.05) is 11.3 Å². The van der Waals surface area contributed by atoms with Gasteiger partial charge in [-0.3, -0.25) is 14.5 Å². The van der Waals surface area contributed by atoms with Crippen LogP contribution >= 0.6 is 8.53 Å². The average Bonchev–Trinajstić information content (AvgIpc) is 3.39. The van der Waals surface area contributed by atoms with E-state index in [1.807, 2.05) is 12.1 Å². The number of ketones is 1. The molecule has 5 rings (SSSR count). The molecule has 8 heteroatoms. The number of rotatable bonds is 3. The van der Waals surface area contributed by atoms with E-state index in [1.165, 1.54) is 10.5 Å². The molecule has 4 heterocycles. The van der Waals surface area contributed by atoms with Gasteiger partial charge in [0.1, 0.15) is 6.23 Å². The number of benzene rings is 1. The number of amides is 1. The monoisotopic (exact) mass is 403 g/mol. The first-order valence-corrected chi connectivity index (χ1v) is 10.6. The van der Waals surface area contributed by atoms with E-state index in [4.69, 9.17) is 15.2 Å². The van der Waals surface area contributed by atoms with Crippen molar-refractivity contribution in [2.45, 2.75) is 57.6 Å². The quantitative estimate of drug-likeness (QED) is 0.571. The molecule has 2 saturated heterocycles. The Morgan fingerprint density at radius 2 is 2.18 bits per heavy atom. The van der Waals surface area contributed by atoms with E-state index in [9.17, 15) is 9.59 Å². The Bertz CT molecular complexity index is 880. The lowest BCUT2D eigenvalue weighted by atomic mass is 10.1. The molecule has 2 fully saturated rings. The minimum Gasteiger partial charge on any atom is -0.352 e. The lowest BCUT2D eigenvalue weighted by molar-refractivity contribution is -0.143. The van der Waals surface area contributed by atoms with Crippen molar-refractivity contribution in [3.8, 4) is 0 Å². The van der Waals surface area contributed by atoms with Crippen LogP contribution in [0.4, 0.5) is 5.69 Å². The molecule has 1 amide bonds. The number of nitrogens with zero attached hydrogens (tertiary/aromatic N) is 2. The predicted octanol–water partition coefficient (Wildman–Crippen LogP) is 2.90. The van der Waals surface area contributed by atoms with Crippen LogP contribution < -0.4 is 4.67 Å². The first-order valence-electron chi connectivity index (χ1n) is 10.2. The van der Waals surface area contributed by atoms with E-state index in [0.29, 0.717) is 18.6 Å². The van der Waals surface area contributed by atoms with E-state index in [2.05, 4.69) is 16.8 Å². The molecule has 1 aromatic carbocycles. The molecule has 0 radical (unpaired) electrons. The van der Waals surface area contributed by atoms with Crippen LogP contribution in [0.2, 0.25) is 0 Å². The Kier molecular flexibility index (Phi) is 4.23. The van der Waals surface area contributed by atoms with Crippen molar-refractivity contribution in [3.05, 3.63) is 41.6 Å². The van der Waals surface area contributed by atoms with Gasteiger partial charge in [0.15, 0.2) is 5.78 Å². The number of anilines is 1. The molecule has 4 aliphatic rings. The maximum absolute atomic E-state index is 12.3. The van der Waals surface area contributed by atoms with Crippen LogP contribution in [0.25, 0.3) is 0 Å². The van der Waals surface area contributed by atoms with E-state index >= 15 is 0 Å². The second kappa shape index (κ2) is 6.92. The van der Waals surface area contributed by atoms with Gasteiger partial charge in [-0.2, -0.15) is 0 Å². The van der Waals surface area contributed by atoms with Gasteiger partial charge in [0.25, 0.3) is 8.53 Å². The zero-order valence-corrected chi connectivity index (χ0v) is 16.5. The predicted molar refractivity (Wildman–Crippen MR) is 103 cm³/mol. The fourth-order valence-corrected chi connectivity index (χ4v) is 5.98. The fraction of sp³-hybridized carbons (Fsp3) is 0.500. The highest BCUT2D eigenvalue weighted by Gasteiger charge is 2.47. The van der Waals surface area contributed by atoms with Gasteiger partial charge in [-0.05, 0) is 31.9 Å². The average molecular weight is 403 g/mol. The Morgan fingerprint density at radius 3 is 3.04 bits per heavy atom.